The minimum Gasteiger partial charge on any atom is -0.392 e. The van der Waals surface area contributed by atoms with Crippen LogP contribution in [0.1, 0.15) is 17.5 Å². The molecule has 0 aliphatic carbocycles. The smallest absolute Gasteiger partial charge is 0.228 e. The number of hydrogen-bond acceptors (Lipinski definition) is 3. The van der Waals surface area contributed by atoms with Gasteiger partial charge >= 0.3 is 0 Å². The molecule has 2 rings (SSSR count). The SMILES string of the molecule is Cc1ccc(N2CC(N)CC2=O)c(CO)c1. The van der Waals surface area contributed by atoms with Crippen molar-refractivity contribution >= 4 is 11.6 Å². The van der Waals surface area contributed by atoms with Crippen LogP contribution in [0.4, 0.5) is 5.69 Å². The van der Waals surface area contributed by atoms with Crippen molar-refractivity contribution in [1.82, 2.24) is 0 Å². The lowest BCUT2D eigenvalue weighted by Crippen LogP contribution is -2.28. The Kier molecular flexibility index (Phi) is 2.94. The molecule has 1 unspecified atom stereocenters. The summed E-state index contributed by atoms with van der Waals surface area (Å²) in [6.07, 6.45) is 0.388. The molecule has 86 valence electrons. The number of amides is 1. The van der Waals surface area contributed by atoms with E-state index in [4.69, 9.17) is 5.73 Å². The zero-order valence-corrected chi connectivity index (χ0v) is 9.31. The number of carbonyl (C=O) groups is 1. The zero-order valence-electron chi connectivity index (χ0n) is 9.31. The van der Waals surface area contributed by atoms with Crippen molar-refractivity contribution in [3.63, 3.8) is 0 Å². The molecule has 0 radical (unpaired) electrons. The van der Waals surface area contributed by atoms with Gasteiger partial charge in [0.05, 0.1) is 6.61 Å². The molecule has 0 spiro atoms. The largest absolute Gasteiger partial charge is 0.392 e. The standard InChI is InChI=1S/C12H16N2O2/c1-8-2-3-11(9(4-8)7-15)14-6-10(13)5-12(14)16/h2-4,10,15H,5-7,13H2,1H3. The third-order valence-corrected chi connectivity index (χ3v) is 2.85. The predicted molar refractivity (Wildman–Crippen MR) is 62.0 cm³/mol. The molecule has 4 nitrogen and oxygen atoms in total. The van der Waals surface area contributed by atoms with Crippen LogP contribution in [0.3, 0.4) is 0 Å². The van der Waals surface area contributed by atoms with Gasteiger partial charge in [-0.25, -0.2) is 0 Å². The van der Waals surface area contributed by atoms with Gasteiger partial charge in [0, 0.05) is 30.3 Å². The second-order valence-electron chi connectivity index (χ2n) is 4.26. The summed E-state index contributed by atoms with van der Waals surface area (Å²) in [4.78, 5) is 13.4. The second-order valence-corrected chi connectivity index (χ2v) is 4.26. The van der Waals surface area contributed by atoms with E-state index < -0.39 is 0 Å². The first-order valence-electron chi connectivity index (χ1n) is 5.38. The summed E-state index contributed by atoms with van der Waals surface area (Å²) in [5.74, 6) is 0.0334. The Labute approximate surface area is 94.7 Å². The molecule has 4 heteroatoms. The van der Waals surface area contributed by atoms with Gasteiger partial charge in [-0.3, -0.25) is 4.79 Å². The van der Waals surface area contributed by atoms with Gasteiger partial charge in [-0.15, -0.1) is 0 Å². The molecule has 0 saturated carbocycles. The highest BCUT2D eigenvalue weighted by molar-refractivity contribution is 5.96. The maximum atomic E-state index is 11.7. The number of aryl methyl sites for hydroxylation is 1. The molecule has 0 bridgehead atoms. The van der Waals surface area contributed by atoms with E-state index in [-0.39, 0.29) is 18.6 Å². The minimum atomic E-state index is -0.0969. The van der Waals surface area contributed by atoms with Gasteiger partial charge in [0.25, 0.3) is 0 Å². The van der Waals surface area contributed by atoms with E-state index in [1.54, 1.807) is 4.90 Å². The number of benzene rings is 1. The Balaban J connectivity index is 2.36. The number of carbonyl (C=O) groups excluding carboxylic acids is 1. The van der Waals surface area contributed by atoms with Crippen LogP contribution >= 0.6 is 0 Å². The van der Waals surface area contributed by atoms with Crippen molar-refractivity contribution in [2.24, 2.45) is 5.73 Å². The average molecular weight is 220 g/mol. The van der Waals surface area contributed by atoms with Crippen molar-refractivity contribution in [1.29, 1.82) is 0 Å². The van der Waals surface area contributed by atoms with Crippen LogP contribution in [-0.2, 0) is 11.4 Å². The Morgan fingerprint density at radius 2 is 2.31 bits per heavy atom. The van der Waals surface area contributed by atoms with Gasteiger partial charge < -0.3 is 15.7 Å². The molecule has 1 heterocycles. The highest BCUT2D eigenvalue weighted by atomic mass is 16.3. The summed E-state index contributed by atoms with van der Waals surface area (Å²) in [5.41, 5.74) is 8.39. The van der Waals surface area contributed by atoms with Gasteiger partial charge in [-0.05, 0) is 13.0 Å². The molecular formula is C12H16N2O2. The average Bonchev–Trinajstić information content (AvgIpc) is 2.57. The summed E-state index contributed by atoms with van der Waals surface area (Å²) in [5, 5.41) is 9.29. The summed E-state index contributed by atoms with van der Waals surface area (Å²) in [6.45, 7) is 2.44. The fourth-order valence-corrected chi connectivity index (χ4v) is 2.07. The highest BCUT2D eigenvalue weighted by Crippen LogP contribution is 2.26. The van der Waals surface area contributed by atoms with Crippen molar-refractivity contribution < 1.29 is 9.90 Å². The zero-order chi connectivity index (χ0) is 11.7. The Hall–Kier alpha value is -1.39. The molecule has 1 saturated heterocycles. The van der Waals surface area contributed by atoms with Gasteiger partial charge in [0.1, 0.15) is 0 Å². The van der Waals surface area contributed by atoms with Crippen LogP contribution in [0.15, 0.2) is 18.2 Å². The van der Waals surface area contributed by atoms with Crippen LogP contribution in [0.25, 0.3) is 0 Å². The topological polar surface area (TPSA) is 66.6 Å². The van der Waals surface area contributed by atoms with E-state index in [0.29, 0.717) is 13.0 Å². The molecule has 1 aliphatic heterocycles. The maximum Gasteiger partial charge on any atom is 0.228 e. The van der Waals surface area contributed by atoms with E-state index in [1.165, 1.54) is 0 Å². The van der Waals surface area contributed by atoms with Crippen molar-refractivity contribution in [2.75, 3.05) is 11.4 Å². The Morgan fingerprint density at radius 1 is 1.56 bits per heavy atom. The Bertz CT molecular complexity index is 417. The summed E-state index contributed by atoms with van der Waals surface area (Å²) >= 11 is 0. The van der Waals surface area contributed by atoms with Crippen LogP contribution in [0.5, 0.6) is 0 Å². The molecule has 0 aromatic heterocycles. The number of aliphatic hydroxyl groups excluding tert-OH is 1. The Morgan fingerprint density at radius 3 is 2.88 bits per heavy atom. The fourth-order valence-electron chi connectivity index (χ4n) is 2.07. The predicted octanol–water partition coefficient (Wildman–Crippen LogP) is 0.551. The summed E-state index contributed by atoms with van der Waals surface area (Å²) in [7, 11) is 0. The van der Waals surface area contributed by atoms with Gasteiger partial charge in [-0.2, -0.15) is 0 Å². The quantitative estimate of drug-likeness (QED) is 0.765. The van der Waals surface area contributed by atoms with E-state index in [1.807, 2.05) is 25.1 Å². The lowest BCUT2D eigenvalue weighted by Gasteiger charge is -2.19. The van der Waals surface area contributed by atoms with Crippen molar-refractivity contribution in [3.05, 3.63) is 29.3 Å². The molecule has 1 aromatic carbocycles. The first-order valence-corrected chi connectivity index (χ1v) is 5.38. The molecule has 1 fully saturated rings. The number of aliphatic hydroxyl groups is 1. The summed E-state index contributed by atoms with van der Waals surface area (Å²) < 4.78 is 0. The number of hydrogen-bond donors (Lipinski definition) is 2. The molecule has 16 heavy (non-hydrogen) atoms. The normalized spacial score (nSPS) is 20.6. The van der Waals surface area contributed by atoms with Crippen LogP contribution < -0.4 is 10.6 Å². The van der Waals surface area contributed by atoms with Crippen LogP contribution in [-0.4, -0.2) is 23.6 Å². The lowest BCUT2D eigenvalue weighted by molar-refractivity contribution is -0.117. The van der Waals surface area contributed by atoms with Gasteiger partial charge in [0.2, 0.25) is 5.91 Å². The van der Waals surface area contributed by atoms with E-state index in [9.17, 15) is 9.90 Å². The molecule has 1 amide bonds. The molecule has 1 aromatic rings. The van der Waals surface area contributed by atoms with E-state index in [2.05, 4.69) is 0 Å². The highest BCUT2D eigenvalue weighted by Gasteiger charge is 2.29. The van der Waals surface area contributed by atoms with Gasteiger partial charge in [0.15, 0.2) is 0 Å². The lowest BCUT2D eigenvalue weighted by atomic mass is 10.1. The number of rotatable bonds is 2. The van der Waals surface area contributed by atoms with Gasteiger partial charge in [-0.1, -0.05) is 17.7 Å². The molecule has 1 atom stereocenters. The van der Waals surface area contributed by atoms with Crippen LogP contribution in [0.2, 0.25) is 0 Å². The molecule has 1 aliphatic rings. The third-order valence-electron chi connectivity index (χ3n) is 2.85. The van der Waals surface area contributed by atoms with Crippen molar-refractivity contribution in [3.8, 4) is 0 Å². The number of anilines is 1. The van der Waals surface area contributed by atoms with Crippen molar-refractivity contribution in [2.45, 2.75) is 26.0 Å². The fraction of sp³-hybridized carbons (Fsp3) is 0.417. The number of nitrogens with two attached hydrogens (primary N) is 1. The van der Waals surface area contributed by atoms with E-state index >= 15 is 0 Å². The van der Waals surface area contributed by atoms with E-state index in [0.717, 1.165) is 16.8 Å². The summed E-state index contributed by atoms with van der Waals surface area (Å²) in [6, 6.07) is 5.61. The second kappa shape index (κ2) is 4.23. The monoisotopic (exact) mass is 220 g/mol. The molecule has 3 N–H and O–H groups in total. The number of nitrogens with zero attached hydrogens (tertiary/aromatic N) is 1. The maximum absolute atomic E-state index is 11.7. The first kappa shape index (κ1) is 11.1. The first-order chi connectivity index (χ1) is 7.61. The molecular weight excluding hydrogens is 204 g/mol. The van der Waals surface area contributed by atoms with Crippen LogP contribution in [0, 0.1) is 6.92 Å². The minimum absolute atomic E-state index is 0.0334. The third kappa shape index (κ3) is 1.94.